The molecule has 21 heavy (non-hydrogen) atoms. The molecule has 1 atom stereocenters. The first-order valence-corrected chi connectivity index (χ1v) is 6.54. The number of benzene rings is 1. The molecule has 0 aliphatic rings. The number of halogens is 1. The van der Waals surface area contributed by atoms with Crippen LogP contribution in [0.3, 0.4) is 0 Å². The Morgan fingerprint density at radius 2 is 2.14 bits per heavy atom. The molecule has 0 fully saturated rings. The van der Waals surface area contributed by atoms with E-state index in [1.54, 1.807) is 38.4 Å². The molecule has 6 nitrogen and oxygen atoms in total. The van der Waals surface area contributed by atoms with E-state index in [4.69, 9.17) is 11.6 Å². The number of hydrogen-bond donors (Lipinski definition) is 2. The first kappa shape index (κ1) is 15.1. The van der Waals surface area contributed by atoms with Crippen LogP contribution in [0.2, 0.25) is 5.02 Å². The van der Waals surface area contributed by atoms with E-state index >= 15 is 0 Å². The first-order valence-electron chi connectivity index (χ1n) is 6.17. The lowest BCUT2D eigenvalue weighted by molar-refractivity contribution is -0.139. The Bertz CT molecular complexity index is 697. The van der Waals surface area contributed by atoms with Crippen LogP contribution in [0.25, 0.3) is 0 Å². The van der Waals surface area contributed by atoms with Gasteiger partial charge in [-0.1, -0.05) is 11.6 Å². The van der Waals surface area contributed by atoms with Crippen LogP contribution in [-0.4, -0.2) is 26.8 Å². The highest BCUT2D eigenvalue weighted by atomic mass is 35.5. The van der Waals surface area contributed by atoms with Crippen molar-refractivity contribution < 1.29 is 14.7 Å². The minimum Gasteiger partial charge on any atom is -0.479 e. The topological polar surface area (TPSA) is 84.2 Å². The zero-order valence-electron chi connectivity index (χ0n) is 11.5. The second-order valence-electron chi connectivity index (χ2n) is 4.65. The molecule has 1 heterocycles. The molecular formula is C14H14ClN3O3. The van der Waals surface area contributed by atoms with E-state index < -0.39 is 17.9 Å². The lowest BCUT2D eigenvalue weighted by Crippen LogP contribution is -2.33. The van der Waals surface area contributed by atoms with E-state index in [0.29, 0.717) is 21.7 Å². The molecular weight excluding hydrogens is 294 g/mol. The first-order chi connectivity index (χ1) is 9.88. The van der Waals surface area contributed by atoms with E-state index in [1.807, 2.05) is 0 Å². The molecule has 0 saturated carbocycles. The third-order valence-corrected chi connectivity index (χ3v) is 3.25. The van der Waals surface area contributed by atoms with Gasteiger partial charge in [0.15, 0.2) is 6.04 Å². The Labute approximate surface area is 126 Å². The Kier molecular flexibility index (Phi) is 4.28. The average Bonchev–Trinajstić information content (AvgIpc) is 2.81. The van der Waals surface area contributed by atoms with Crippen LogP contribution < -0.4 is 5.32 Å². The van der Waals surface area contributed by atoms with Gasteiger partial charge in [-0.05, 0) is 30.7 Å². The van der Waals surface area contributed by atoms with Crippen molar-refractivity contribution in [3.8, 4) is 0 Å². The molecule has 1 amide bonds. The summed E-state index contributed by atoms with van der Waals surface area (Å²) in [6.45, 7) is 1.74. The summed E-state index contributed by atoms with van der Waals surface area (Å²) in [6, 6.07) is 3.65. The van der Waals surface area contributed by atoms with Gasteiger partial charge in [0.25, 0.3) is 5.91 Å². The van der Waals surface area contributed by atoms with Crippen LogP contribution in [0.5, 0.6) is 0 Å². The second kappa shape index (κ2) is 5.97. The van der Waals surface area contributed by atoms with E-state index in [0.717, 1.165) is 0 Å². The molecule has 2 aromatic rings. The maximum Gasteiger partial charge on any atom is 0.331 e. The van der Waals surface area contributed by atoms with Gasteiger partial charge in [-0.3, -0.25) is 9.48 Å². The Morgan fingerprint density at radius 3 is 2.67 bits per heavy atom. The number of carboxylic acids is 1. The number of nitrogens with zero attached hydrogens (tertiary/aromatic N) is 2. The maximum absolute atomic E-state index is 12.2. The lowest BCUT2D eigenvalue weighted by atomic mass is 10.1. The zero-order chi connectivity index (χ0) is 15.6. The molecule has 0 bridgehead atoms. The molecule has 1 aromatic heterocycles. The van der Waals surface area contributed by atoms with Gasteiger partial charge in [-0.15, -0.1) is 0 Å². The number of carbonyl (C=O) groups is 2. The smallest absolute Gasteiger partial charge is 0.331 e. The standard InChI is InChI=1S/C14H14ClN3O3/c1-8-5-10(15)3-4-11(8)13(19)17-12(14(20)21)9-6-16-18(2)7-9/h3-7,12H,1-2H3,(H,17,19)(H,20,21). The van der Waals surface area contributed by atoms with Crippen LogP contribution in [0.15, 0.2) is 30.6 Å². The third-order valence-electron chi connectivity index (χ3n) is 3.01. The summed E-state index contributed by atoms with van der Waals surface area (Å²) in [6.07, 6.45) is 2.96. The maximum atomic E-state index is 12.2. The summed E-state index contributed by atoms with van der Waals surface area (Å²) >= 11 is 5.84. The van der Waals surface area contributed by atoms with Crippen molar-refractivity contribution in [3.63, 3.8) is 0 Å². The van der Waals surface area contributed by atoms with Gasteiger partial charge in [0.1, 0.15) is 0 Å². The van der Waals surface area contributed by atoms with Crippen molar-refractivity contribution in [2.75, 3.05) is 0 Å². The minimum absolute atomic E-state index is 0.384. The summed E-state index contributed by atoms with van der Waals surface area (Å²) in [4.78, 5) is 23.6. The molecule has 0 radical (unpaired) electrons. The molecule has 2 N–H and O–H groups in total. The molecule has 0 aliphatic heterocycles. The highest BCUT2D eigenvalue weighted by molar-refractivity contribution is 6.30. The number of aromatic nitrogens is 2. The fourth-order valence-corrected chi connectivity index (χ4v) is 2.19. The fourth-order valence-electron chi connectivity index (χ4n) is 1.97. The number of hydrogen-bond acceptors (Lipinski definition) is 3. The van der Waals surface area contributed by atoms with Crippen LogP contribution in [0.4, 0.5) is 0 Å². The van der Waals surface area contributed by atoms with Crippen molar-refractivity contribution in [1.82, 2.24) is 15.1 Å². The van der Waals surface area contributed by atoms with Gasteiger partial charge in [-0.2, -0.15) is 5.10 Å². The van der Waals surface area contributed by atoms with E-state index in [9.17, 15) is 14.7 Å². The highest BCUT2D eigenvalue weighted by Gasteiger charge is 2.24. The fraction of sp³-hybridized carbons (Fsp3) is 0.214. The number of nitrogens with one attached hydrogen (secondary N) is 1. The van der Waals surface area contributed by atoms with Gasteiger partial charge in [0.05, 0.1) is 6.20 Å². The van der Waals surface area contributed by atoms with Crippen molar-refractivity contribution in [2.45, 2.75) is 13.0 Å². The summed E-state index contributed by atoms with van der Waals surface area (Å²) in [5.41, 5.74) is 1.47. The normalized spacial score (nSPS) is 12.0. The van der Waals surface area contributed by atoms with Crippen molar-refractivity contribution >= 4 is 23.5 Å². The van der Waals surface area contributed by atoms with Crippen molar-refractivity contribution in [2.24, 2.45) is 7.05 Å². The number of carboxylic acid groups (broad SMARTS) is 1. The predicted molar refractivity (Wildman–Crippen MR) is 77.2 cm³/mol. The summed E-state index contributed by atoms with van der Waals surface area (Å²) < 4.78 is 1.48. The zero-order valence-corrected chi connectivity index (χ0v) is 12.3. The van der Waals surface area contributed by atoms with Crippen molar-refractivity contribution in [3.05, 3.63) is 52.3 Å². The minimum atomic E-state index is -1.15. The van der Waals surface area contributed by atoms with E-state index in [2.05, 4.69) is 10.4 Å². The monoisotopic (exact) mass is 307 g/mol. The molecule has 7 heteroatoms. The van der Waals surface area contributed by atoms with Gasteiger partial charge in [-0.25, -0.2) is 4.79 Å². The second-order valence-corrected chi connectivity index (χ2v) is 5.09. The number of rotatable bonds is 4. The average molecular weight is 308 g/mol. The quantitative estimate of drug-likeness (QED) is 0.904. The molecule has 110 valence electrons. The largest absolute Gasteiger partial charge is 0.479 e. The van der Waals surface area contributed by atoms with Gasteiger partial charge >= 0.3 is 5.97 Å². The van der Waals surface area contributed by atoms with Crippen LogP contribution in [0.1, 0.15) is 27.5 Å². The van der Waals surface area contributed by atoms with Crippen molar-refractivity contribution in [1.29, 1.82) is 0 Å². The summed E-state index contributed by atoms with van der Waals surface area (Å²) in [7, 11) is 1.67. The third kappa shape index (κ3) is 3.41. The Hall–Kier alpha value is -2.34. The van der Waals surface area contributed by atoms with Crippen LogP contribution in [-0.2, 0) is 11.8 Å². The number of carbonyl (C=O) groups excluding carboxylic acids is 1. The molecule has 0 spiro atoms. The lowest BCUT2D eigenvalue weighted by Gasteiger charge is -2.14. The molecule has 0 aliphatic carbocycles. The molecule has 0 saturated heterocycles. The van der Waals surface area contributed by atoms with Gasteiger partial charge < -0.3 is 10.4 Å². The predicted octanol–water partition coefficient (Wildman–Crippen LogP) is 1.94. The van der Waals surface area contributed by atoms with Crippen LogP contribution >= 0.6 is 11.6 Å². The molecule has 2 rings (SSSR count). The van der Waals surface area contributed by atoms with Crippen LogP contribution in [0, 0.1) is 6.92 Å². The molecule has 1 aromatic carbocycles. The summed E-state index contributed by atoms with van der Waals surface area (Å²) in [5.74, 6) is -1.62. The molecule has 1 unspecified atom stereocenters. The number of aryl methyl sites for hydroxylation is 2. The Morgan fingerprint density at radius 1 is 1.43 bits per heavy atom. The van der Waals surface area contributed by atoms with Gasteiger partial charge in [0.2, 0.25) is 0 Å². The number of aliphatic carboxylic acids is 1. The van der Waals surface area contributed by atoms with Gasteiger partial charge in [0, 0.05) is 29.4 Å². The van der Waals surface area contributed by atoms with E-state index in [-0.39, 0.29) is 0 Å². The van der Waals surface area contributed by atoms with E-state index in [1.165, 1.54) is 10.9 Å². The Balaban J connectivity index is 2.25. The summed E-state index contributed by atoms with van der Waals surface area (Å²) in [5, 5.41) is 16.2. The highest BCUT2D eigenvalue weighted by Crippen LogP contribution is 2.17. The SMILES string of the molecule is Cc1cc(Cl)ccc1C(=O)NC(C(=O)O)c1cnn(C)c1. The number of amides is 1.